The van der Waals surface area contributed by atoms with Crippen molar-refractivity contribution >= 4 is 15.9 Å². The van der Waals surface area contributed by atoms with E-state index in [2.05, 4.69) is 4.72 Å². The van der Waals surface area contributed by atoms with Crippen molar-refractivity contribution in [3.8, 4) is 5.75 Å². The average Bonchev–Trinajstić information content (AvgIpc) is 3.21. The lowest BCUT2D eigenvalue weighted by Gasteiger charge is -2.31. The van der Waals surface area contributed by atoms with E-state index in [1.807, 2.05) is 0 Å². The molecule has 0 unspecified atom stereocenters. The molecule has 1 aromatic carbocycles. The Morgan fingerprint density at radius 3 is 2.50 bits per heavy atom. The number of likely N-dealkylation sites (tertiary alicyclic amines) is 1. The van der Waals surface area contributed by atoms with E-state index >= 15 is 0 Å². The Balaban J connectivity index is 1.50. The van der Waals surface area contributed by atoms with Gasteiger partial charge in [0.1, 0.15) is 12.0 Å². The van der Waals surface area contributed by atoms with E-state index in [0.717, 1.165) is 12.8 Å². The Bertz CT molecular complexity index is 823. The van der Waals surface area contributed by atoms with Crippen molar-refractivity contribution in [3.63, 3.8) is 0 Å². The molecule has 0 aliphatic carbocycles. The van der Waals surface area contributed by atoms with Gasteiger partial charge in [0.05, 0.1) is 23.8 Å². The highest BCUT2D eigenvalue weighted by Gasteiger charge is 2.25. The number of sulfonamides is 1. The predicted molar refractivity (Wildman–Crippen MR) is 95.5 cm³/mol. The van der Waals surface area contributed by atoms with Gasteiger partial charge in [-0.1, -0.05) is 0 Å². The van der Waals surface area contributed by atoms with Crippen molar-refractivity contribution in [1.29, 1.82) is 0 Å². The minimum atomic E-state index is -3.55. The van der Waals surface area contributed by atoms with Crippen molar-refractivity contribution in [1.82, 2.24) is 9.62 Å². The standard InChI is InChI=1S/C18H22N2O5S/c1-24-16-2-4-17(5-3-16)26(22,23)19-12-14-6-9-20(10-7-14)18(21)15-8-11-25-13-15/h2-5,8,11,13-14,19H,6-7,9-10,12H2,1H3. The van der Waals surface area contributed by atoms with Crippen LogP contribution in [0.4, 0.5) is 0 Å². The molecule has 1 N–H and O–H groups in total. The Kier molecular flexibility index (Phi) is 5.63. The summed E-state index contributed by atoms with van der Waals surface area (Å²) in [5.41, 5.74) is 0.545. The number of methoxy groups -OCH3 is 1. The fraction of sp³-hybridized carbons (Fsp3) is 0.389. The number of hydrogen-bond donors (Lipinski definition) is 1. The van der Waals surface area contributed by atoms with Crippen LogP contribution in [0, 0.1) is 5.92 Å². The van der Waals surface area contributed by atoms with Crippen LogP contribution in [0.3, 0.4) is 0 Å². The molecule has 3 rings (SSSR count). The maximum absolute atomic E-state index is 12.4. The van der Waals surface area contributed by atoms with E-state index in [0.29, 0.717) is 30.9 Å². The lowest BCUT2D eigenvalue weighted by Crippen LogP contribution is -2.41. The smallest absolute Gasteiger partial charge is 0.257 e. The van der Waals surface area contributed by atoms with Crippen LogP contribution in [0.1, 0.15) is 23.2 Å². The second kappa shape index (κ2) is 7.92. The number of piperidine rings is 1. The molecule has 0 bridgehead atoms. The van der Waals surface area contributed by atoms with Gasteiger partial charge in [-0.15, -0.1) is 0 Å². The third-order valence-electron chi connectivity index (χ3n) is 4.60. The first-order chi connectivity index (χ1) is 12.5. The highest BCUT2D eigenvalue weighted by molar-refractivity contribution is 7.89. The van der Waals surface area contributed by atoms with Gasteiger partial charge in [-0.3, -0.25) is 4.79 Å². The van der Waals surface area contributed by atoms with Crippen molar-refractivity contribution in [2.75, 3.05) is 26.7 Å². The van der Waals surface area contributed by atoms with Gasteiger partial charge in [-0.25, -0.2) is 13.1 Å². The van der Waals surface area contributed by atoms with Gasteiger partial charge >= 0.3 is 0 Å². The normalized spacial score (nSPS) is 15.8. The zero-order valence-corrected chi connectivity index (χ0v) is 15.4. The highest BCUT2D eigenvalue weighted by atomic mass is 32.2. The number of carbonyl (C=O) groups excluding carboxylic acids is 1. The topological polar surface area (TPSA) is 88.9 Å². The number of nitrogens with zero attached hydrogens (tertiary/aromatic N) is 1. The summed E-state index contributed by atoms with van der Waals surface area (Å²) in [6.45, 7) is 1.58. The molecule has 140 valence electrons. The molecule has 1 aromatic heterocycles. The summed E-state index contributed by atoms with van der Waals surface area (Å²) in [6, 6.07) is 7.93. The summed E-state index contributed by atoms with van der Waals surface area (Å²) >= 11 is 0. The maximum Gasteiger partial charge on any atom is 0.257 e. The third-order valence-corrected chi connectivity index (χ3v) is 6.04. The van der Waals surface area contributed by atoms with Crippen LogP contribution in [-0.2, 0) is 10.0 Å². The first-order valence-corrected chi connectivity index (χ1v) is 9.93. The molecule has 7 nitrogen and oxygen atoms in total. The van der Waals surface area contributed by atoms with E-state index in [-0.39, 0.29) is 16.7 Å². The molecule has 0 atom stereocenters. The molecule has 1 amide bonds. The fourth-order valence-electron chi connectivity index (χ4n) is 2.97. The van der Waals surface area contributed by atoms with Gasteiger partial charge in [-0.05, 0) is 49.1 Å². The van der Waals surface area contributed by atoms with Crippen molar-refractivity contribution in [2.45, 2.75) is 17.7 Å². The summed E-state index contributed by atoms with van der Waals surface area (Å²) in [5.74, 6) is 0.769. The molecule has 0 radical (unpaired) electrons. The van der Waals surface area contributed by atoms with Crippen molar-refractivity contribution < 1.29 is 22.4 Å². The van der Waals surface area contributed by atoms with Gasteiger partial charge in [-0.2, -0.15) is 0 Å². The number of amides is 1. The number of ether oxygens (including phenoxy) is 1. The van der Waals surface area contributed by atoms with E-state index in [4.69, 9.17) is 9.15 Å². The van der Waals surface area contributed by atoms with Crippen LogP contribution in [0.25, 0.3) is 0 Å². The van der Waals surface area contributed by atoms with Crippen LogP contribution < -0.4 is 9.46 Å². The number of nitrogens with one attached hydrogen (secondary N) is 1. The van der Waals surface area contributed by atoms with E-state index in [1.165, 1.54) is 31.8 Å². The Morgan fingerprint density at radius 2 is 1.92 bits per heavy atom. The summed E-state index contributed by atoms with van der Waals surface area (Å²) in [6.07, 6.45) is 4.44. The van der Waals surface area contributed by atoms with Gasteiger partial charge in [0, 0.05) is 19.6 Å². The van der Waals surface area contributed by atoms with Crippen LogP contribution in [-0.4, -0.2) is 46.0 Å². The number of benzene rings is 1. The molecule has 1 saturated heterocycles. The number of hydrogen-bond acceptors (Lipinski definition) is 5. The van der Waals surface area contributed by atoms with Gasteiger partial charge in [0.15, 0.2) is 0 Å². The molecule has 1 fully saturated rings. The lowest BCUT2D eigenvalue weighted by molar-refractivity contribution is 0.0691. The summed E-state index contributed by atoms with van der Waals surface area (Å²) < 4.78 is 37.4. The molecule has 0 spiro atoms. The molecule has 8 heteroatoms. The summed E-state index contributed by atoms with van der Waals surface area (Å²) in [7, 11) is -2.02. The second-order valence-corrected chi connectivity index (χ2v) is 8.04. The molecule has 1 aliphatic rings. The zero-order valence-electron chi connectivity index (χ0n) is 14.6. The van der Waals surface area contributed by atoms with Crippen LogP contribution >= 0.6 is 0 Å². The minimum Gasteiger partial charge on any atom is -0.497 e. The Morgan fingerprint density at radius 1 is 1.23 bits per heavy atom. The largest absolute Gasteiger partial charge is 0.497 e. The SMILES string of the molecule is COc1ccc(S(=O)(=O)NCC2CCN(C(=O)c3ccoc3)CC2)cc1. The van der Waals surface area contributed by atoms with Gasteiger partial charge < -0.3 is 14.1 Å². The highest BCUT2D eigenvalue weighted by Crippen LogP contribution is 2.20. The molecular weight excluding hydrogens is 356 g/mol. The lowest BCUT2D eigenvalue weighted by atomic mass is 9.97. The van der Waals surface area contributed by atoms with Crippen LogP contribution in [0.15, 0.2) is 52.2 Å². The summed E-state index contributed by atoms with van der Waals surface area (Å²) in [4.78, 5) is 14.3. The molecule has 0 saturated carbocycles. The first-order valence-electron chi connectivity index (χ1n) is 8.45. The molecular formula is C18H22N2O5S. The average molecular weight is 378 g/mol. The van der Waals surface area contributed by atoms with Crippen LogP contribution in [0.5, 0.6) is 5.75 Å². The fourth-order valence-corrected chi connectivity index (χ4v) is 4.09. The number of rotatable bonds is 6. The van der Waals surface area contributed by atoms with E-state index < -0.39 is 10.0 Å². The predicted octanol–water partition coefficient (Wildman–Crippen LogP) is 2.12. The molecule has 2 heterocycles. The maximum atomic E-state index is 12.4. The minimum absolute atomic E-state index is 0.0454. The first kappa shape index (κ1) is 18.5. The molecule has 2 aromatic rings. The summed E-state index contributed by atoms with van der Waals surface area (Å²) in [5, 5.41) is 0. The Hall–Kier alpha value is -2.32. The van der Waals surface area contributed by atoms with Crippen molar-refractivity contribution in [2.24, 2.45) is 5.92 Å². The van der Waals surface area contributed by atoms with E-state index in [1.54, 1.807) is 23.1 Å². The number of carbonyl (C=O) groups is 1. The monoisotopic (exact) mass is 378 g/mol. The molecule has 1 aliphatic heterocycles. The van der Waals surface area contributed by atoms with Crippen LogP contribution in [0.2, 0.25) is 0 Å². The third kappa shape index (κ3) is 4.25. The zero-order chi connectivity index (χ0) is 18.6. The van der Waals surface area contributed by atoms with E-state index in [9.17, 15) is 13.2 Å². The van der Waals surface area contributed by atoms with Crippen molar-refractivity contribution in [3.05, 3.63) is 48.4 Å². The van der Waals surface area contributed by atoms with Gasteiger partial charge in [0.25, 0.3) is 5.91 Å². The second-order valence-electron chi connectivity index (χ2n) is 6.28. The Labute approximate surface area is 153 Å². The quantitative estimate of drug-likeness (QED) is 0.832. The van der Waals surface area contributed by atoms with Gasteiger partial charge in [0.2, 0.25) is 10.0 Å². The molecule has 26 heavy (non-hydrogen) atoms. The number of furan rings is 1.